The van der Waals surface area contributed by atoms with E-state index < -0.39 is 36.9 Å². The first-order valence-electron chi connectivity index (χ1n) is 4.56. The Labute approximate surface area is 92.9 Å². The molecule has 1 N–H and O–H groups in total. The summed E-state index contributed by atoms with van der Waals surface area (Å²) < 4.78 is 54.0. The van der Waals surface area contributed by atoms with Crippen molar-refractivity contribution in [1.29, 1.82) is 0 Å². The van der Waals surface area contributed by atoms with E-state index >= 15 is 0 Å². The Morgan fingerprint density at radius 1 is 1.41 bits per heavy atom. The van der Waals surface area contributed by atoms with Gasteiger partial charge in [0, 0.05) is 6.54 Å². The van der Waals surface area contributed by atoms with Crippen molar-refractivity contribution >= 4 is 11.9 Å². The third-order valence-electron chi connectivity index (χ3n) is 2.19. The van der Waals surface area contributed by atoms with Crippen molar-refractivity contribution in [3.8, 4) is 0 Å². The summed E-state index contributed by atoms with van der Waals surface area (Å²) >= 11 is 0. The van der Waals surface area contributed by atoms with E-state index in [1.807, 2.05) is 0 Å². The molecule has 0 saturated carbocycles. The van der Waals surface area contributed by atoms with Gasteiger partial charge in [-0.15, -0.1) is 0 Å². The molecular formula is C8H9F4NO4. The minimum absolute atomic E-state index is 0.290. The quantitative estimate of drug-likeness (QED) is 0.735. The molecule has 0 aromatic carbocycles. The molecule has 0 spiro atoms. The average Bonchev–Trinajstić information content (AvgIpc) is 2.27. The second-order valence-corrected chi connectivity index (χ2v) is 3.37. The van der Waals surface area contributed by atoms with E-state index in [4.69, 9.17) is 5.11 Å². The third-order valence-corrected chi connectivity index (χ3v) is 2.19. The van der Waals surface area contributed by atoms with Crippen molar-refractivity contribution in [3.05, 3.63) is 0 Å². The number of morpholine rings is 1. The number of carbonyl (C=O) groups is 2. The number of alkyl halides is 4. The molecule has 0 aromatic heterocycles. The highest BCUT2D eigenvalue weighted by Crippen LogP contribution is 2.26. The SMILES string of the molecule is O=C(O)C1CN(C(=O)C(F)(F)C(F)F)CCO1. The Kier molecular flexibility index (Phi) is 3.91. The van der Waals surface area contributed by atoms with Gasteiger partial charge in [-0.2, -0.15) is 8.78 Å². The third kappa shape index (κ3) is 2.84. The highest BCUT2D eigenvalue weighted by molar-refractivity contribution is 5.85. The van der Waals surface area contributed by atoms with Crippen molar-refractivity contribution in [3.63, 3.8) is 0 Å². The fourth-order valence-electron chi connectivity index (χ4n) is 1.29. The summed E-state index contributed by atoms with van der Waals surface area (Å²) in [6.07, 6.45) is -5.60. The van der Waals surface area contributed by atoms with Crippen LogP contribution in [-0.4, -0.2) is 60.0 Å². The molecule has 1 heterocycles. The van der Waals surface area contributed by atoms with Gasteiger partial charge in [-0.05, 0) is 0 Å². The second-order valence-electron chi connectivity index (χ2n) is 3.37. The number of hydrogen-bond acceptors (Lipinski definition) is 3. The Bertz CT molecular complexity index is 323. The first-order chi connectivity index (χ1) is 7.76. The molecule has 17 heavy (non-hydrogen) atoms. The lowest BCUT2D eigenvalue weighted by Crippen LogP contribution is -2.55. The number of carboxylic acid groups (broad SMARTS) is 1. The molecule has 1 rings (SSSR count). The number of aliphatic carboxylic acids is 1. The highest BCUT2D eigenvalue weighted by atomic mass is 19.3. The Morgan fingerprint density at radius 2 is 2.00 bits per heavy atom. The second kappa shape index (κ2) is 4.86. The average molecular weight is 259 g/mol. The zero-order chi connectivity index (χ0) is 13.2. The molecule has 0 radical (unpaired) electrons. The van der Waals surface area contributed by atoms with Crippen LogP contribution in [0.25, 0.3) is 0 Å². The standard InChI is InChI=1S/C8H9F4NO4/c9-6(10)8(11,12)7(16)13-1-2-17-4(3-13)5(14)15/h4,6H,1-3H2,(H,14,15). The summed E-state index contributed by atoms with van der Waals surface area (Å²) in [5, 5.41) is 8.55. The lowest BCUT2D eigenvalue weighted by atomic mass is 10.2. The number of carbonyl (C=O) groups excluding carboxylic acids is 1. The number of halogens is 4. The number of nitrogens with zero attached hydrogens (tertiary/aromatic N) is 1. The zero-order valence-corrected chi connectivity index (χ0v) is 8.41. The minimum Gasteiger partial charge on any atom is -0.479 e. The minimum atomic E-state index is -4.81. The van der Waals surface area contributed by atoms with Crippen LogP contribution in [0.1, 0.15) is 0 Å². The Morgan fingerprint density at radius 3 is 2.47 bits per heavy atom. The highest BCUT2D eigenvalue weighted by Gasteiger charge is 2.52. The molecule has 5 nitrogen and oxygen atoms in total. The number of hydrogen-bond donors (Lipinski definition) is 1. The largest absolute Gasteiger partial charge is 0.479 e. The molecule has 1 aliphatic heterocycles. The van der Waals surface area contributed by atoms with Crippen LogP contribution in [0.15, 0.2) is 0 Å². The molecule has 1 saturated heterocycles. The molecule has 9 heteroatoms. The van der Waals surface area contributed by atoms with Crippen molar-refractivity contribution in [1.82, 2.24) is 4.90 Å². The molecule has 0 bridgehead atoms. The molecule has 1 fully saturated rings. The lowest BCUT2D eigenvalue weighted by Gasteiger charge is -2.32. The molecule has 98 valence electrons. The van der Waals surface area contributed by atoms with Crippen molar-refractivity contribution < 1.29 is 37.0 Å². The van der Waals surface area contributed by atoms with Gasteiger partial charge in [0.2, 0.25) is 0 Å². The molecule has 1 unspecified atom stereocenters. The van der Waals surface area contributed by atoms with Crippen LogP contribution in [0.4, 0.5) is 17.6 Å². The maximum atomic E-state index is 12.7. The van der Waals surface area contributed by atoms with Gasteiger partial charge < -0.3 is 14.7 Å². The van der Waals surface area contributed by atoms with E-state index in [1.165, 1.54) is 0 Å². The lowest BCUT2D eigenvalue weighted by molar-refractivity contribution is -0.188. The van der Waals surface area contributed by atoms with E-state index in [0.717, 1.165) is 0 Å². The summed E-state index contributed by atoms with van der Waals surface area (Å²) in [5.74, 6) is -8.33. The van der Waals surface area contributed by atoms with E-state index in [-0.39, 0.29) is 13.2 Å². The van der Waals surface area contributed by atoms with Gasteiger partial charge in [0.25, 0.3) is 5.91 Å². The van der Waals surface area contributed by atoms with Crippen molar-refractivity contribution in [2.75, 3.05) is 19.7 Å². The van der Waals surface area contributed by atoms with Crippen molar-refractivity contribution in [2.45, 2.75) is 18.5 Å². The topological polar surface area (TPSA) is 66.8 Å². The normalized spacial score (nSPS) is 21.7. The van der Waals surface area contributed by atoms with Crippen LogP contribution in [-0.2, 0) is 14.3 Å². The predicted molar refractivity (Wildman–Crippen MR) is 44.9 cm³/mol. The summed E-state index contributed by atoms with van der Waals surface area (Å²) in [6, 6.07) is 0. The summed E-state index contributed by atoms with van der Waals surface area (Å²) in [7, 11) is 0. The van der Waals surface area contributed by atoms with Crippen LogP contribution in [0.3, 0.4) is 0 Å². The van der Waals surface area contributed by atoms with Crippen molar-refractivity contribution in [2.24, 2.45) is 0 Å². The van der Waals surface area contributed by atoms with Crippen LogP contribution in [0, 0.1) is 0 Å². The number of rotatable bonds is 3. The van der Waals surface area contributed by atoms with Gasteiger partial charge >= 0.3 is 18.3 Å². The maximum absolute atomic E-state index is 12.7. The smallest absolute Gasteiger partial charge is 0.383 e. The van der Waals surface area contributed by atoms with Crippen LogP contribution in [0.5, 0.6) is 0 Å². The van der Waals surface area contributed by atoms with Gasteiger partial charge in [0.15, 0.2) is 6.10 Å². The molecule has 0 aromatic rings. The van der Waals surface area contributed by atoms with Gasteiger partial charge in [-0.1, -0.05) is 0 Å². The van der Waals surface area contributed by atoms with Crippen LogP contribution < -0.4 is 0 Å². The summed E-state index contributed by atoms with van der Waals surface area (Å²) in [5.41, 5.74) is 0. The number of carboxylic acids is 1. The first kappa shape index (κ1) is 13.7. The number of ether oxygens (including phenoxy) is 1. The zero-order valence-electron chi connectivity index (χ0n) is 8.41. The van der Waals surface area contributed by atoms with E-state index in [0.29, 0.717) is 4.90 Å². The molecule has 1 atom stereocenters. The van der Waals surface area contributed by atoms with Gasteiger partial charge in [0.1, 0.15) is 0 Å². The summed E-state index contributed by atoms with van der Waals surface area (Å²) in [4.78, 5) is 22.0. The molecular weight excluding hydrogens is 250 g/mol. The number of amides is 1. The van der Waals surface area contributed by atoms with E-state index in [1.54, 1.807) is 0 Å². The Balaban J connectivity index is 2.73. The Hall–Kier alpha value is -1.38. The van der Waals surface area contributed by atoms with E-state index in [2.05, 4.69) is 4.74 Å². The van der Waals surface area contributed by atoms with Crippen LogP contribution >= 0.6 is 0 Å². The predicted octanol–water partition coefficient (Wildman–Crippen LogP) is 0.199. The molecule has 1 amide bonds. The summed E-state index contributed by atoms with van der Waals surface area (Å²) in [6.45, 7) is -1.30. The monoisotopic (exact) mass is 259 g/mol. The first-order valence-corrected chi connectivity index (χ1v) is 4.56. The van der Waals surface area contributed by atoms with Crippen LogP contribution in [0.2, 0.25) is 0 Å². The maximum Gasteiger partial charge on any atom is 0.383 e. The fraction of sp³-hybridized carbons (Fsp3) is 0.750. The molecule has 0 aliphatic carbocycles. The molecule has 1 aliphatic rings. The fourth-order valence-corrected chi connectivity index (χ4v) is 1.29. The van der Waals surface area contributed by atoms with Gasteiger partial charge in [0.05, 0.1) is 13.2 Å². The van der Waals surface area contributed by atoms with Gasteiger partial charge in [-0.25, -0.2) is 13.6 Å². The van der Waals surface area contributed by atoms with Gasteiger partial charge in [-0.3, -0.25) is 4.79 Å². The van der Waals surface area contributed by atoms with E-state index in [9.17, 15) is 27.2 Å².